The molecular weight excluding hydrogens is 263 g/mol. The lowest BCUT2D eigenvalue weighted by Gasteiger charge is -2.09. The summed E-state index contributed by atoms with van der Waals surface area (Å²) in [6, 6.07) is 7.55. The Morgan fingerprint density at radius 3 is 2.75 bits per heavy atom. The molecule has 0 aromatic heterocycles. The van der Waals surface area contributed by atoms with Crippen molar-refractivity contribution in [3.63, 3.8) is 0 Å². The first-order valence-corrected chi connectivity index (χ1v) is 6.62. The molecule has 0 saturated carbocycles. The third-order valence-electron chi connectivity index (χ3n) is 1.91. The summed E-state index contributed by atoms with van der Waals surface area (Å²) in [5.74, 6) is 0.697. The van der Waals surface area contributed by atoms with Gasteiger partial charge in [-0.25, -0.2) is 0 Å². The summed E-state index contributed by atoms with van der Waals surface area (Å²) >= 11 is 13.3. The summed E-state index contributed by atoms with van der Waals surface area (Å²) in [6.45, 7) is 2.77. The van der Waals surface area contributed by atoms with Crippen LogP contribution in [0.5, 0.6) is 0 Å². The molecule has 5 heteroatoms. The number of benzene rings is 1. The fourth-order valence-corrected chi connectivity index (χ4v) is 2.41. The highest BCUT2D eigenvalue weighted by Gasteiger charge is 2.06. The molecule has 16 heavy (non-hydrogen) atoms. The summed E-state index contributed by atoms with van der Waals surface area (Å²) in [4.78, 5) is 1.02. The second-order valence-electron chi connectivity index (χ2n) is 3.13. The topological polar surface area (TPSA) is 35.8 Å². The van der Waals surface area contributed by atoms with Crippen molar-refractivity contribution < 1.29 is 0 Å². The highest BCUT2D eigenvalue weighted by molar-refractivity contribution is 7.99. The third-order valence-corrected chi connectivity index (χ3v) is 3.74. The largest absolute Gasteiger partial charge is 0.302 e. The van der Waals surface area contributed by atoms with Gasteiger partial charge in [0.05, 0.1) is 16.1 Å². The van der Waals surface area contributed by atoms with Crippen LogP contribution in [0, 0.1) is 11.3 Å². The minimum absolute atomic E-state index is 0.135. The van der Waals surface area contributed by atoms with E-state index in [2.05, 4.69) is 11.4 Å². The third kappa shape index (κ3) is 4.23. The van der Waals surface area contributed by atoms with Crippen molar-refractivity contribution >= 4 is 35.0 Å². The average Bonchev–Trinajstić information content (AvgIpc) is 2.28. The van der Waals surface area contributed by atoms with Gasteiger partial charge in [-0.05, 0) is 24.7 Å². The lowest BCUT2D eigenvalue weighted by Crippen LogP contribution is -2.29. The number of nitrogens with zero attached hydrogens (tertiary/aromatic N) is 1. The Morgan fingerprint density at radius 1 is 1.44 bits per heavy atom. The molecular formula is C11H12Cl2N2S. The molecule has 1 rings (SSSR count). The standard InChI is InChI=1S/C11H12Cl2N2S/c1-2-15-8(6-14)7-16-9-3-4-10(12)11(13)5-9/h3-5,8,15H,2,7H2,1H3. The number of halogens is 2. The van der Waals surface area contributed by atoms with Crippen molar-refractivity contribution in [2.75, 3.05) is 12.3 Å². The number of hydrogen-bond acceptors (Lipinski definition) is 3. The van der Waals surface area contributed by atoms with Gasteiger partial charge in [-0.3, -0.25) is 0 Å². The summed E-state index contributed by atoms with van der Waals surface area (Å²) in [7, 11) is 0. The van der Waals surface area contributed by atoms with Crippen LogP contribution in [0.2, 0.25) is 10.0 Å². The van der Waals surface area contributed by atoms with Crippen LogP contribution in [-0.4, -0.2) is 18.3 Å². The molecule has 86 valence electrons. The summed E-state index contributed by atoms with van der Waals surface area (Å²) in [5, 5.41) is 13.0. The van der Waals surface area contributed by atoms with Crippen LogP contribution < -0.4 is 5.32 Å². The van der Waals surface area contributed by atoms with Gasteiger partial charge in [0.1, 0.15) is 6.04 Å². The van der Waals surface area contributed by atoms with E-state index in [0.717, 1.165) is 11.4 Å². The molecule has 1 aromatic carbocycles. The van der Waals surface area contributed by atoms with Crippen LogP contribution in [0.1, 0.15) is 6.92 Å². The van der Waals surface area contributed by atoms with E-state index in [4.69, 9.17) is 28.5 Å². The van der Waals surface area contributed by atoms with Crippen LogP contribution >= 0.6 is 35.0 Å². The Kier molecular flexibility index (Phi) is 6.00. The maximum atomic E-state index is 8.86. The van der Waals surface area contributed by atoms with E-state index in [-0.39, 0.29) is 6.04 Å². The Balaban J connectivity index is 2.54. The van der Waals surface area contributed by atoms with E-state index in [1.165, 1.54) is 0 Å². The Labute approximate surface area is 110 Å². The molecule has 0 fully saturated rings. The Morgan fingerprint density at radius 2 is 2.19 bits per heavy atom. The van der Waals surface area contributed by atoms with E-state index < -0.39 is 0 Å². The number of rotatable bonds is 5. The van der Waals surface area contributed by atoms with Crippen molar-refractivity contribution in [3.05, 3.63) is 28.2 Å². The lowest BCUT2D eigenvalue weighted by atomic mass is 10.4. The molecule has 0 amide bonds. The van der Waals surface area contributed by atoms with Gasteiger partial charge in [0.15, 0.2) is 0 Å². The molecule has 0 aliphatic heterocycles. The normalized spacial score (nSPS) is 12.1. The number of hydrogen-bond donors (Lipinski definition) is 1. The maximum absolute atomic E-state index is 8.86. The quantitative estimate of drug-likeness (QED) is 0.834. The summed E-state index contributed by atoms with van der Waals surface area (Å²) in [6.07, 6.45) is 0. The van der Waals surface area contributed by atoms with E-state index >= 15 is 0 Å². The fraction of sp³-hybridized carbons (Fsp3) is 0.364. The van der Waals surface area contributed by atoms with E-state index in [0.29, 0.717) is 15.8 Å². The molecule has 1 atom stereocenters. The zero-order chi connectivity index (χ0) is 12.0. The second kappa shape index (κ2) is 7.03. The minimum Gasteiger partial charge on any atom is -0.302 e. The van der Waals surface area contributed by atoms with Crippen LogP contribution in [0.4, 0.5) is 0 Å². The smallest absolute Gasteiger partial charge is 0.105 e. The van der Waals surface area contributed by atoms with Crippen molar-refractivity contribution in [2.45, 2.75) is 17.9 Å². The van der Waals surface area contributed by atoms with E-state index in [9.17, 15) is 0 Å². The zero-order valence-corrected chi connectivity index (χ0v) is 11.2. The van der Waals surface area contributed by atoms with Crippen LogP contribution in [-0.2, 0) is 0 Å². The summed E-state index contributed by atoms with van der Waals surface area (Å²) in [5.41, 5.74) is 0. The van der Waals surface area contributed by atoms with Gasteiger partial charge in [0, 0.05) is 10.6 Å². The first kappa shape index (κ1) is 13.7. The first-order chi connectivity index (χ1) is 7.67. The Bertz CT molecular complexity index is 390. The van der Waals surface area contributed by atoms with Gasteiger partial charge in [0.25, 0.3) is 0 Å². The number of thioether (sulfide) groups is 1. The van der Waals surface area contributed by atoms with E-state index in [1.807, 2.05) is 19.1 Å². The highest BCUT2D eigenvalue weighted by Crippen LogP contribution is 2.28. The summed E-state index contributed by atoms with van der Waals surface area (Å²) < 4.78 is 0. The van der Waals surface area contributed by atoms with Gasteiger partial charge < -0.3 is 5.32 Å². The fourth-order valence-electron chi connectivity index (χ4n) is 1.13. The van der Waals surface area contributed by atoms with Crippen molar-refractivity contribution in [1.82, 2.24) is 5.32 Å². The SMILES string of the molecule is CCNC(C#N)CSc1ccc(Cl)c(Cl)c1. The molecule has 1 aromatic rings. The number of nitriles is 1. The molecule has 0 bridgehead atoms. The lowest BCUT2D eigenvalue weighted by molar-refractivity contribution is 0.677. The molecule has 0 spiro atoms. The van der Waals surface area contributed by atoms with Crippen LogP contribution in [0.15, 0.2) is 23.1 Å². The molecule has 2 nitrogen and oxygen atoms in total. The highest BCUT2D eigenvalue weighted by atomic mass is 35.5. The maximum Gasteiger partial charge on any atom is 0.105 e. The van der Waals surface area contributed by atoms with Crippen LogP contribution in [0.25, 0.3) is 0 Å². The molecule has 1 unspecified atom stereocenters. The molecule has 0 heterocycles. The van der Waals surface area contributed by atoms with Crippen molar-refractivity contribution in [1.29, 1.82) is 5.26 Å². The molecule has 0 saturated heterocycles. The molecule has 0 radical (unpaired) electrons. The predicted molar refractivity (Wildman–Crippen MR) is 70.3 cm³/mol. The number of nitrogens with one attached hydrogen (secondary N) is 1. The molecule has 0 aliphatic carbocycles. The first-order valence-electron chi connectivity index (χ1n) is 4.88. The van der Waals surface area contributed by atoms with Crippen molar-refractivity contribution in [3.8, 4) is 6.07 Å². The van der Waals surface area contributed by atoms with E-state index in [1.54, 1.807) is 17.8 Å². The van der Waals surface area contributed by atoms with Gasteiger partial charge >= 0.3 is 0 Å². The molecule has 0 aliphatic rings. The van der Waals surface area contributed by atoms with Crippen molar-refractivity contribution in [2.24, 2.45) is 0 Å². The van der Waals surface area contributed by atoms with Gasteiger partial charge in [-0.15, -0.1) is 11.8 Å². The second-order valence-corrected chi connectivity index (χ2v) is 5.03. The molecule has 1 N–H and O–H groups in total. The zero-order valence-electron chi connectivity index (χ0n) is 8.84. The monoisotopic (exact) mass is 274 g/mol. The average molecular weight is 275 g/mol. The van der Waals surface area contributed by atoms with Gasteiger partial charge in [-0.1, -0.05) is 30.1 Å². The van der Waals surface area contributed by atoms with Gasteiger partial charge in [0.2, 0.25) is 0 Å². The van der Waals surface area contributed by atoms with Crippen LogP contribution in [0.3, 0.4) is 0 Å². The Hall–Kier alpha value is -0.400. The predicted octanol–water partition coefficient (Wildman–Crippen LogP) is 3.59. The van der Waals surface area contributed by atoms with Gasteiger partial charge in [-0.2, -0.15) is 5.26 Å². The minimum atomic E-state index is -0.135.